The van der Waals surface area contributed by atoms with Crippen molar-refractivity contribution in [3.8, 4) is 0 Å². The van der Waals surface area contributed by atoms with Gasteiger partial charge < -0.3 is 0 Å². The minimum Gasteiger partial charge on any atom is -0.171 e. The number of hydrogen-bond donors (Lipinski definition) is 0. The summed E-state index contributed by atoms with van der Waals surface area (Å²) in [7, 11) is 0. The maximum Gasteiger partial charge on any atom is 0.389 e. The Bertz CT molecular complexity index is 107. The van der Waals surface area contributed by atoms with Crippen molar-refractivity contribution >= 4 is 15.9 Å². The van der Waals surface area contributed by atoms with E-state index in [1.54, 1.807) is 0 Å². The maximum absolute atomic E-state index is 11.7. The lowest BCUT2D eigenvalue weighted by Gasteiger charge is -2.11. The summed E-state index contributed by atoms with van der Waals surface area (Å²) in [5, 5.41) is 0.807. The van der Waals surface area contributed by atoms with Gasteiger partial charge >= 0.3 is 6.18 Å². The molecule has 0 N–H and O–H groups in total. The first-order valence-electron chi connectivity index (χ1n) is 4.12. The number of alkyl halides is 4. The van der Waals surface area contributed by atoms with E-state index < -0.39 is 12.6 Å². The van der Waals surface area contributed by atoms with Crippen LogP contribution in [0.3, 0.4) is 0 Å². The van der Waals surface area contributed by atoms with Gasteiger partial charge in [0, 0.05) is 11.8 Å². The van der Waals surface area contributed by atoms with Crippen LogP contribution in [0.4, 0.5) is 13.2 Å². The first kappa shape index (κ1) is 12.3. The zero-order valence-corrected chi connectivity index (χ0v) is 8.71. The van der Waals surface area contributed by atoms with Gasteiger partial charge in [-0.15, -0.1) is 0 Å². The molecule has 0 aromatic heterocycles. The summed E-state index contributed by atoms with van der Waals surface area (Å²) >= 11 is 3.28. The molecule has 0 saturated carbocycles. The monoisotopic (exact) mass is 246 g/mol. The van der Waals surface area contributed by atoms with E-state index in [2.05, 4.69) is 15.9 Å². The van der Waals surface area contributed by atoms with Crippen molar-refractivity contribution in [3.05, 3.63) is 0 Å². The van der Waals surface area contributed by atoms with E-state index in [0.717, 1.165) is 11.8 Å². The average Bonchev–Trinajstić information content (AvgIpc) is 1.96. The molecule has 1 unspecified atom stereocenters. The minimum atomic E-state index is -3.98. The normalized spacial score (nSPS) is 14.8. The molecule has 0 radical (unpaired) electrons. The summed E-state index contributed by atoms with van der Waals surface area (Å²) in [5.41, 5.74) is 0. The van der Waals surface area contributed by atoms with Crippen molar-refractivity contribution in [2.24, 2.45) is 5.92 Å². The highest BCUT2D eigenvalue weighted by molar-refractivity contribution is 9.09. The Morgan fingerprint density at radius 1 is 1.33 bits per heavy atom. The molecular formula is C8H14BrF3. The topological polar surface area (TPSA) is 0 Å². The molecule has 0 rings (SSSR count). The van der Waals surface area contributed by atoms with Gasteiger partial charge in [-0.2, -0.15) is 13.2 Å². The third-order valence-electron chi connectivity index (χ3n) is 1.87. The minimum absolute atomic E-state index is 0.258. The summed E-state index contributed by atoms with van der Waals surface area (Å²) in [6.07, 6.45) is -2.75. The van der Waals surface area contributed by atoms with Gasteiger partial charge in [0.25, 0.3) is 0 Å². The average molecular weight is 247 g/mol. The van der Waals surface area contributed by atoms with Crippen LogP contribution >= 0.6 is 15.9 Å². The zero-order chi connectivity index (χ0) is 9.61. The fourth-order valence-electron chi connectivity index (χ4n) is 0.982. The Kier molecular flexibility index (Phi) is 5.97. The lowest BCUT2D eigenvalue weighted by Crippen LogP contribution is -2.08. The second-order valence-corrected chi connectivity index (χ2v) is 3.58. The maximum atomic E-state index is 11.7. The van der Waals surface area contributed by atoms with Crippen molar-refractivity contribution in [3.63, 3.8) is 0 Å². The van der Waals surface area contributed by atoms with Gasteiger partial charge in [-0.25, -0.2) is 0 Å². The number of hydrogen-bond acceptors (Lipinski definition) is 0. The van der Waals surface area contributed by atoms with Crippen molar-refractivity contribution < 1.29 is 13.2 Å². The van der Waals surface area contributed by atoms with Crippen LogP contribution in [-0.2, 0) is 0 Å². The lowest BCUT2D eigenvalue weighted by atomic mass is 10.0. The highest BCUT2D eigenvalue weighted by atomic mass is 79.9. The SMILES string of the molecule is CCC(CBr)CCCC(F)(F)F. The van der Waals surface area contributed by atoms with E-state index >= 15 is 0 Å². The summed E-state index contributed by atoms with van der Waals surface area (Å²) < 4.78 is 35.1. The Labute approximate surface area is 79.7 Å². The molecule has 0 aromatic carbocycles. The Hall–Kier alpha value is 0.270. The van der Waals surface area contributed by atoms with Gasteiger partial charge in [0.1, 0.15) is 0 Å². The van der Waals surface area contributed by atoms with E-state index in [9.17, 15) is 13.2 Å². The third kappa shape index (κ3) is 6.95. The summed E-state index contributed by atoms with van der Waals surface area (Å²) in [6.45, 7) is 2.00. The van der Waals surface area contributed by atoms with E-state index in [1.807, 2.05) is 6.92 Å². The Morgan fingerprint density at radius 2 is 1.92 bits per heavy atom. The van der Waals surface area contributed by atoms with Gasteiger partial charge in [0.2, 0.25) is 0 Å². The summed E-state index contributed by atoms with van der Waals surface area (Å²) in [6, 6.07) is 0. The van der Waals surface area contributed by atoms with Crippen LogP contribution in [0.5, 0.6) is 0 Å². The summed E-state index contributed by atoms with van der Waals surface area (Å²) in [4.78, 5) is 0. The van der Waals surface area contributed by atoms with Crippen LogP contribution in [0.2, 0.25) is 0 Å². The fourth-order valence-corrected chi connectivity index (χ4v) is 1.76. The molecular weight excluding hydrogens is 233 g/mol. The standard InChI is InChI=1S/C8H14BrF3/c1-2-7(6-9)4-3-5-8(10,11)12/h7H,2-6H2,1H3. The van der Waals surface area contributed by atoms with Crippen LogP contribution < -0.4 is 0 Å². The highest BCUT2D eigenvalue weighted by Gasteiger charge is 2.26. The van der Waals surface area contributed by atoms with Crippen LogP contribution in [0.15, 0.2) is 0 Å². The number of rotatable bonds is 5. The smallest absolute Gasteiger partial charge is 0.171 e. The lowest BCUT2D eigenvalue weighted by molar-refractivity contribution is -0.136. The molecule has 0 heterocycles. The van der Waals surface area contributed by atoms with Crippen LogP contribution in [0.1, 0.15) is 32.6 Å². The molecule has 0 nitrogen and oxygen atoms in total. The van der Waals surface area contributed by atoms with Crippen molar-refractivity contribution in [2.45, 2.75) is 38.8 Å². The molecule has 0 amide bonds. The second-order valence-electron chi connectivity index (χ2n) is 2.94. The molecule has 0 aliphatic heterocycles. The number of halogens is 4. The molecule has 12 heavy (non-hydrogen) atoms. The quantitative estimate of drug-likeness (QED) is 0.640. The first-order valence-corrected chi connectivity index (χ1v) is 5.24. The predicted molar refractivity (Wildman–Crippen MR) is 47.5 cm³/mol. The Morgan fingerprint density at radius 3 is 2.25 bits per heavy atom. The van der Waals surface area contributed by atoms with Crippen molar-refractivity contribution in [1.82, 2.24) is 0 Å². The predicted octanol–water partition coefficient (Wildman–Crippen LogP) is 4.14. The first-order chi connectivity index (χ1) is 5.49. The molecule has 0 spiro atoms. The van der Waals surface area contributed by atoms with E-state index in [0.29, 0.717) is 12.3 Å². The van der Waals surface area contributed by atoms with E-state index in [4.69, 9.17) is 0 Å². The molecule has 0 aliphatic carbocycles. The van der Waals surface area contributed by atoms with Gasteiger partial charge in [-0.3, -0.25) is 0 Å². The van der Waals surface area contributed by atoms with E-state index in [1.165, 1.54) is 0 Å². The molecule has 0 saturated heterocycles. The largest absolute Gasteiger partial charge is 0.389 e. The fraction of sp³-hybridized carbons (Fsp3) is 1.00. The zero-order valence-electron chi connectivity index (χ0n) is 7.12. The molecule has 4 heteroatoms. The van der Waals surface area contributed by atoms with Crippen LogP contribution in [0.25, 0.3) is 0 Å². The van der Waals surface area contributed by atoms with Gasteiger partial charge in [0.05, 0.1) is 0 Å². The molecule has 0 fully saturated rings. The molecule has 0 aromatic rings. The van der Waals surface area contributed by atoms with Crippen molar-refractivity contribution in [2.75, 3.05) is 5.33 Å². The summed E-state index contributed by atoms with van der Waals surface area (Å²) in [5.74, 6) is 0.396. The highest BCUT2D eigenvalue weighted by Crippen LogP contribution is 2.24. The molecule has 1 atom stereocenters. The molecule has 0 aliphatic rings. The van der Waals surface area contributed by atoms with Crippen LogP contribution in [-0.4, -0.2) is 11.5 Å². The van der Waals surface area contributed by atoms with Gasteiger partial charge in [0.15, 0.2) is 0 Å². The third-order valence-corrected chi connectivity index (χ3v) is 2.78. The van der Waals surface area contributed by atoms with Gasteiger partial charge in [-0.05, 0) is 18.8 Å². The molecule has 0 bridgehead atoms. The van der Waals surface area contributed by atoms with Gasteiger partial charge in [-0.1, -0.05) is 29.3 Å². The molecule has 74 valence electrons. The Balaban J connectivity index is 3.41. The second kappa shape index (κ2) is 5.84. The van der Waals surface area contributed by atoms with Crippen molar-refractivity contribution in [1.29, 1.82) is 0 Å². The van der Waals surface area contributed by atoms with Crippen LogP contribution in [0, 0.1) is 5.92 Å². The van der Waals surface area contributed by atoms with E-state index in [-0.39, 0.29) is 6.42 Å².